The fourth-order valence-corrected chi connectivity index (χ4v) is 1.41. The number of anilines is 1. The molecule has 6 heteroatoms. The monoisotopic (exact) mass is 210 g/mol. The Hall–Kier alpha value is -2.11. The van der Waals surface area contributed by atoms with E-state index in [4.69, 9.17) is 10.8 Å². The number of carboxylic acids is 1. The lowest BCUT2D eigenvalue weighted by molar-refractivity contribution is -0.386. The summed E-state index contributed by atoms with van der Waals surface area (Å²) in [7, 11) is 0. The fourth-order valence-electron chi connectivity index (χ4n) is 1.41. The molecule has 0 aliphatic rings. The first kappa shape index (κ1) is 11.0. The first-order valence-electron chi connectivity index (χ1n) is 4.13. The average molecular weight is 210 g/mol. The largest absolute Gasteiger partial charge is 0.478 e. The maximum absolute atomic E-state index is 10.8. The molecule has 0 saturated carbocycles. The molecule has 0 atom stereocenters. The molecule has 15 heavy (non-hydrogen) atoms. The van der Waals surface area contributed by atoms with Gasteiger partial charge in [0.05, 0.1) is 10.5 Å². The standard InChI is InChI=1S/C9H10N2O4/c1-4-6(9(12)13)3-7(10)5(2)8(4)11(14)15/h3H,10H2,1-2H3,(H,12,13). The number of benzene rings is 1. The summed E-state index contributed by atoms with van der Waals surface area (Å²) in [4.78, 5) is 20.9. The number of nitrogens with two attached hydrogens (primary N) is 1. The third-order valence-corrected chi connectivity index (χ3v) is 2.26. The van der Waals surface area contributed by atoms with Gasteiger partial charge in [0.1, 0.15) is 0 Å². The maximum Gasteiger partial charge on any atom is 0.336 e. The van der Waals surface area contributed by atoms with Crippen LogP contribution in [0.2, 0.25) is 0 Å². The van der Waals surface area contributed by atoms with E-state index in [1.54, 1.807) is 0 Å². The number of rotatable bonds is 2. The molecule has 1 aromatic rings. The summed E-state index contributed by atoms with van der Waals surface area (Å²) in [5.41, 5.74) is 5.67. The minimum atomic E-state index is -1.22. The van der Waals surface area contributed by atoms with Gasteiger partial charge in [-0.25, -0.2) is 4.79 Å². The van der Waals surface area contributed by atoms with Gasteiger partial charge in [-0.05, 0) is 19.9 Å². The van der Waals surface area contributed by atoms with Gasteiger partial charge in [-0.2, -0.15) is 0 Å². The molecule has 0 fully saturated rings. The molecule has 0 aromatic heterocycles. The van der Waals surface area contributed by atoms with Crippen LogP contribution < -0.4 is 5.73 Å². The Kier molecular flexibility index (Phi) is 2.61. The van der Waals surface area contributed by atoms with E-state index in [1.165, 1.54) is 19.9 Å². The average Bonchev–Trinajstić information content (AvgIpc) is 2.10. The van der Waals surface area contributed by atoms with Crippen LogP contribution in [-0.2, 0) is 0 Å². The number of hydrogen-bond donors (Lipinski definition) is 2. The van der Waals surface area contributed by atoms with E-state index in [0.29, 0.717) is 5.56 Å². The van der Waals surface area contributed by atoms with Gasteiger partial charge in [-0.3, -0.25) is 10.1 Å². The molecule has 0 spiro atoms. The van der Waals surface area contributed by atoms with Crippen LogP contribution in [0.15, 0.2) is 6.07 Å². The Morgan fingerprint density at radius 3 is 2.40 bits per heavy atom. The molecule has 0 amide bonds. The van der Waals surface area contributed by atoms with Gasteiger partial charge in [-0.1, -0.05) is 0 Å². The summed E-state index contributed by atoms with van der Waals surface area (Å²) in [6.07, 6.45) is 0. The highest BCUT2D eigenvalue weighted by molar-refractivity contribution is 5.92. The van der Waals surface area contributed by atoms with Gasteiger partial charge < -0.3 is 10.8 Å². The zero-order valence-corrected chi connectivity index (χ0v) is 8.27. The minimum Gasteiger partial charge on any atom is -0.478 e. The molecule has 6 nitrogen and oxygen atoms in total. The normalized spacial score (nSPS) is 10.0. The quantitative estimate of drug-likeness (QED) is 0.437. The summed E-state index contributed by atoms with van der Waals surface area (Å²) < 4.78 is 0. The van der Waals surface area contributed by atoms with Crippen molar-refractivity contribution in [2.24, 2.45) is 0 Å². The number of hydrogen-bond acceptors (Lipinski definition) is 4. The van der Waals surface area contributed by atoms with Crippen molar-refractivity contribution in [1.82, 2.24) is 0 Å². The van der Waals surface area contributed by atoms with Gasteiger partial charge in [0.2, 0.25) is 0 Å². The number of nitro benzene ring substituents is 1. The van der Waals surface area contributed by atoms with Crippen molar-refractivity contribution in [3.63, 3.8) is 0 Å². The van der Waals surface area contributed by atoms with Crippen molar-refractivity contribution in [2.75, 3.05) is 5.73 Å². The molecular weight excluding hydrogens is 200 g/mol. The van der Waals surface area contributed by atoms with Gasteiger partial charge in [0.15, 0.2) is 0 Å². The number of nitrogens with zero attached hydrogens (tertiary/aromatic N) is 1. The van der Waals surface area contributed by atoms with Crippen molar-refractivity contribution in [1.29, 1.82) is 0 Å². The molecule has 0 saturated heterocycles. The van der Waals surface area contributed by atoms with Crippen LogP contribution in [0.4, 0.5) is 11.4 Å². The summed E-state index contributed by atoms with van der Waals surface area (Å²) in [5, 5.41) is 19.5. The summed E-state index contributed by atoms with van der Waals surface area (Å²) in [6.45, 7) is 2.89. The van der Waals surface area contributed by atoms with Crippen LogP contribution in [0.1, 0.15) is 21.5 Å². The van der Waals surface area contributed by atoms with E-state index < -0.39 is 10.9 Å². The van der Waals surface area contributed by atoms with Crippen molar-refractivity contribution in [2.45, 2.75) is 13.8 Å². The third-order valence-electron chi connectivity index (χ3n) is 2.26. The second-order valence-corrected chi connectivity index (χ2v) is 3.17. The molecule has 0 unspecified atom stereocenters. The Morgan fingerprint density at radius 2 is 2.00 bits per heavy atom. The zero-order valence-electron chi connectivity index (χ0n) is 8.27. The number of carbonyl (C=O) groups is 1. The maximum atomic E-state index is 10.8. The molecule has 0 radical (unpaired) electrons. The molecular formula is C9H10N2O4. The second kappa shape index (κ2) is 3.56. The van der Waals surface area contributed by atoms with E-state index in [-0.39, 0.29) is 22.5 Å². The van der Waals surface area contributed by atoms with Crippen LogP contribution >= 0.6 is 0 Å². The number of carboxylic acid groups (broad SMARTS) is 1. The molecule has 0 bridgehead atoms. The minimum absolute atomic E-state index is 0.115. The van der Waals surface area contributed by atoms with Gasteiger partial charge in [-0.15, -0.1) is 0 Å². The zero-order chi connectivity index (χ0) is 11.7. The summed E-state index contributed by atoms with van der Waals surface area (Å²) >= 11 is 0. The molecule has 0 aliphatic heterocycles. The van der Waals surface area contributed by atoms with Crippen LogP contribution in [-0.4, -0.2) is 16.0 Å². The molecule has 1 aromatic carbocycles. The molecule has 0 heterocycles. The Labute approximate surface area is 85.5 Å². The number of nitrogen functional groups attached to an aromatic ring is 1. The molecule has 0 aliphatic carbocycles. The van der Waals surface area contributed by atoms with Gasteiger partial charge in [0, 0.05) is 16.8 Å². The van der Waals surface area contributed by atoms with Crippen molar-refractivity contribution in [3.8, 4) is 0 Å². The fraction of sp³-hybridized carbons (Fsp3) is 0.222. The molecule has 80 valence electrons. The highest BCUT2D eigenvalue weighted by Gasteiger charge is 2.23. The van der Waals surface area contributed by atoms with E-state index in [1.807, 2.05) is 0 Å². The second-order valence-electron chi connectivity index (χ2n) is 3.17. The van der Waals surface area contributed by atoms with Crippen molar-refractivity contribution < 1.29 is 14.8 Å². The number of nitro groups is 1. The Balaban J connectivity index is 3.63. The lowest BCUT2D eigenvalue weighted by Crippen LogP contribution is -2.07. The molecule has 3 N–H and O–H groups in total. The highest BCUT2D eigenvalue weighted by atomic mass is 16.6. The molecule has 1 rings (SSSR count). The Bertz CT molecular complexity index is 454. The number of aromatic carboxylic acids is 1. The van der Waals surface area contributed by atoms with Crippen LogP contribution in [0.3, 0.4) is 0 Å². The topological polar surface area (TPSA) is 106 Å². The predicted octanol–water partition coefficient (Wildman–Crippen LogP) is 1.49. The smallest absolute Gasteiger partial charge is 0.336 e. The lowest BCUT2D eigenvalue weighted by atomic mass is 10.0. The highest BCUT2D eigenvalue weighted by Crippen LogP contribution is 2.30. The van der Waals surface area contributed by atoms with E-state index in [0.717, 1.165) is 0 Å². The van der Waals surface area contributed by atoms with Crippen LogP contribution in [0.25, 0.3) is 0 Å². The van der Waals surface area contributed by atoms with Crippen molar-refractivity contribution >= 4 is 17.3 Å². The van der Waals surface area contributed by atoms with E-state index in [2.05, 4.69) is 0 Å². The van der Waals surface area contributed by atoms with E-state index in [9.17, 15) is 14.9 Å². The third kappa shape index (κ3) is 1.74. The first-order chi connectivity index (χ1) is 6.86. The van der Waals surface area contributed by atoms with Crippen molar-refractivity contribution in [3.05, 3.63) is 32.9 Å². The summed E-state index contributed by atoms with van der Waals surface area (Å²) in [6, 6.07) is 1.24. The van der Waals surface area contributed by atoms with Crippen LogP contribution in [0, 0.1) is 24.0 Å². The van der Waals surface area contributed by atoms with E-state index >= 15 is 0 Å². The lowest BCUT2D eigenvalue weighted by Gasteiger charge is -2.07. The van der Waals surface area contributed by atoms with Gasteiger partial charge in [0.25, 0.3) is 5.69 Å². The van der Waals surface area contributed by atoms with Gasteiger partial charge >= 0.3 is 5.97 Å². The SMILES string of the molecule is Cc1c(N)cc(C(=O)O)c(C)c1[N+](=O)[O-]. The predicted molar refractivity (Wildman–Crippen MR) is 53.9 cm³/mol. The Morgan fingerprint density at radius 1 is 1.47 bits per heavy atom. The van der Waals surface area contributed by atoms with Crippen LogP contribution in [0.5, 0.6) is 0 Å². The summed E-state index contributed by atoms with van der Waals surface area (Å²) in [5.74, 6) is -1.22. The first-order valence-corrected chi connectivity index (χ1v) is 4.13.